The number of hydrogen-bond acceptors (Lipinski definition) is 3. The number of piperazine rings is 1. The molecule has 1 aliphatic heterocycles. The zero-order valence-electron chi connectivity index (χ0n) is 15.3. The Balaban J connectivity index is 2.04. The highest BCUT2D eigenvalue weighted by Gasteiger charge is 2.28. The number of benzene rings is 1. The Hall–Kier alpha value is -1.71. The molecule has 0 bridgehead atoms. The van der Waals surface area contributed by atoms with Crippen LogP contribution in [0.2, 0.25) is 0 Å². The lowest BCUT2D eigenvalue weighted by molar-refractivity contribution is 0.0240. The first-order chi connectivity index (χ1) is 10.6. The number of hydrogen-bond donors (Lipinski definition) is 0. The average molecular weight is 318 g/mol. The standard InChI is InChI=1S/C19H30N2O2/c1-18(2,3)15-9-7-8-10-16(15)20-11-13-21(14-12-20)17(22)23-19(4,5)6/h7-10H,11-14H2,1-6H3. The lowest BCUT2D eigenvalue weighted by atomic mass is 9.85. The van der Waals surface area contributed by atoms with Gasteiger partial charge in [-0.05, 0) is 37.8 Å². The first-order valence-corrected chi connectivity index (χ1v) is 8.40. The lowest BCUT2D eigenvalue weighted by Gasteiger charge is -2.38. The van der Waals surface area contributed by atoms with E-state index in [0.717, 1.165) is 13.1 Å². The molecule has 0 atom stereocenters. The fraction of sp³-hybridized carbons (Fsp3) is 0.632. The summed E-state index contributed by atoms with van der Waals surface area (Å²) >= 11 is 0. The minimum atomic E-state index is -0.437. The van der Waals surface area contributed by atoms with Crippen molar-refractivity contribution in [3.63, 3.8) is 0 Å². The van der Waals surface area contributed by atoms with Crippen molar-refractivity contribution in [2.45, 2.75) is 52.6 Å². The van der Waals surface area contributed by atoms with Crippen LogP contribution in [-0.4, -0.2) is 42.8 Å². The van der Waals surface area contributed by atoms with Crippen LogP contribution in [0.25, 0.3) is 0 Å². The van der Waals surface area contributed by atoms with Crippen LogP contribution in [-0.2, 0) is 10.2 Å². The fourth-order valence-corrected chi connectivity index (χ4v) is 2.84. The third-order valence-corrected chi connectivity index (χ3v) is 3.98. The number of amides is 1. The number of para-hydroxylation sites is 1. The van der Waals surface area contributed by atoms with Crippen LogP contribution < -0.4 is 4.90 Å². The van der Waals surface area contributed by atoms with Gasteiger partial charge in [0, 0.05) is 31.9 Å². The number of nitrogens with zero attached hydrogens (tertiary/aromatic N) is 2. The topological polar surface area (TPSA) is 32.8 Å². The number of ether oxygens (including phenoxy) is 1. The van der Waals surface area contributed by atoms with Crippen LogP contribution in [0.15, 0.2) is 24.3 Å². The predicted octanol–water partition coefficient (Wildman–Crippen LogP) is 4.04. The van der Waals surface area contributed by atoms with Gasteiger partial charge in [-0.1, -0.05) is 39.0 Å². The van der Waals surface area contributed by atoms with E-state index >= 15 is 0 Å². The minimum Gasteiger partial charge on any atom is -0.444 e. The van der Waals surface area contributed by atoms with Gasteiger partial charge >= 0.3 is 6.09 Å². The van der Waals surface area contributed by atoms with Crippen molar-refractivity contribution in [2.24, 2.45) is 0 Å². The smallest absolute Gasteiger partial charge is 0.410 e. The molecule has 128 valence electrons. The number of carbonyl (C=O) groups excluding carboxylic acids is 1. The van der Waals surface area contributed by atoms with Gasteiger partial charge in [-0.15, -0.1) is 0 Å². The summed E-state index contributed by atoms with van der Waals surface area (Å²) < 4.78 is 5.46. The summed E-state index contributed by atoms with van der Waals surface area (Å²) in [6.07, 6.45) is -0.207. The Labute approximate surface area is 140 Å². The summed E-state index contributed by atoms with van der Waals surface area (Å²) in [5.74, 6) is 0. The molecule has 0 spiro atoms. The van der Waals surface area contributed by atoms with Gasteiger partial charge in [-0.3, -0.25) is 0 Å². The Kier molecular flexibility index (Phi) is 4.92. The van der Waals surface area contributed by atoms with Crippen molar-refractivity contribution in [1.29, 1.82) is 0 Å². The summed E-state index contributed by atoms with van der Waals surface area (Å²) in [6.45, 7) is 15.5. The van der Waals surface area contributed by atoms with Gasteiger partial charge in [-0.25, -0.2) is 4.79 Å². The van der Waals surface area contributed by atoms with Crippen LogP contribution in [0.3, 0.4) is 0 Å². The Morgan fingerprint density at radius 1 is 0.957 bits per heavy atom. The van der Waals surface area contributed by atoms with E-state index in [9.17, 15) is 4.79 Å². The molecule has 1 amide bonds. The highest BCUT2D eigenvalue weighted by molar-refractivity contribution is 5.69. The van der Waals surface area contributed by atoms with E-state index < -0.39 is 5.60 Å². The molecule has 2 rings (SSSR count). The van der Waals surface area contributed by atoms with E-state index in [1.165, 1.54) is 11.3 Å². The number of carbonyl (C=O) groups is 1. The monoisotopic (exact) mass is 318 g/mol. The van der Waals surface area contributed by atoms with Crippen LogP contribution in [0, 0.1) is 0 Å². The molecule has 0 unspecified atom stereocenters. The summed E-state index contributed by atoms with van der Waals surface area (Å²) in [6, 6.07) is 8.57. The highest BCUT2D eigenvalue weighted by atomic mass is 16.6. The Morgan fingerprint density at radius 3 is 2.04 bits per heavy atom. The summed E-state index contributed by atoms with van der Waals surface area (Å²) in [7, 11) is 0. The number of anilines is 1. The molecule has 23 heavy (non-hydrogen) atoms. The molecule has 0 aromatic heterocycles. The van der Waals surface area contributed by atoms with Crippen molar-refractivity contribution in [3.05, 3.63) is 29.8 Å². The molecule has 4 nitrogen and oxygen atoms in total. The summed E-state index contributed by atoms with van der Waals surface area (Å²) in [4.78, 5) is 16.4. The summed E-state index contributed by atoms with van der Waals surface area (Å²) in [5, 5.41) is 0. The SMILES string of the molecule is CC(C)(C)OC(=O)N1CCN(c2ccccc2C(C)(C)C)CC1. The van der Waals surface area contributed by atoms with E-state index in [-0.39, 0.29) is 11.5 Å². The molecule has 1 saturated heterocycles. The van der Waals surface area contributed by atoms with E-state index in [1.807, 2.05) is 20.8 Å². The van der Waals surface area contributed by atoms with E-state index in [1.54, 1.807) is 4.90 Å². The molecule has 0 radical (unpaired) electrons. The first kappa shape index (κ1) is 17.6. The molecule has 0 aliphatic carbocycles. The summed E-state index contributed by atoms with van der Waals surface area (Å²) in [5.41, 5.74) is 2.31. The van der Waals surface area contributed by atoms with Crippen LogP contribution in [0.4, 0.5) is 10.5 Å². The van der Waals surface area contributed by atoms with E-state index in [0.29, 0.717) is 13.1 Å². The Bertz CT molecular complexity index is 547. The number of rotatable bonds is 1. The second kappa shape index (κ2) is 6.42. The molecular formula is C19H30N2O2. The molecule has 1 fully saturated rings. The van der Waals surface area contributed by atoms with Gasteiger partial charge in [-0.2, -0.15) is 0 Å². The van der Waals surface area contributed by atoms with Gasteiger partial charge in [0.05, 0.1) is 0 Å². The zero-order chi connectivity index (χ0) is 17.3. The quantitative estimate of drug-likeness (QED) is 0.783. The zero-order valence-corrected chi connectivity index (χ0v) is 15.3. The molecular weight excluding hydrogens is 288 g/mol. The van der Waals surface area contributed by atoms with E-state index in [2.05, 4.69) is 49.9 Å². The van der Waals surface area contributed by atoms with Crippen molar-refractivity contribution in [2.75, 3.05) is 31.1 Å². The molecule has 0 N–H and O–H groups in total. The molecule has 1 heterocycles. The minimum absolute atomic E-state index is 0.110. The second-order valence-electron chi connectivity index (χ2n) is 8.22. The third kappa shape index (κ3) is 4.63. The fourth-order valence-electron chi connectivity index (χ4n) is 2.84. The van der Waals surface area contributed by atoms with Gasteiger partial charge in [0.25, 0.3) is 0 Å². The molecule has 4 heteroatoms. The van der Waals surface area contributed by atoms with Crippen molar-refractivity contribution < 1.29 is 9.53 Å². The lowest BCUT2D eigenvalue weighted by Crippen LogP contribution is -2.50. The van der Waals surface area contributed by atoms with Crippen LogP contribution >= 0.6 is 0 Å². The molecule has 1 aromatic carbocycles. The predicted molar refractivity (Wildman–Crippen MR) is 95.2 cm³/mol. The second-order valence-corrected chi connectivity index (χ2v) is 8.22. The highest BCUT2D eigenvalue weighted by Crippen LogP contribution is 2.32. The molecule has 1 aliphatic rings. The van der Waals surface area contributed by atoms with Crippen molar-refractivity contribution in [3.8, 4) is 0 Å². The maximum absolute atomic E-state index is 12.2. The largest absolute Gasteiger partial charge is 0.444 e. The van der Waals surface area contributed by atoms with Crippen LogP contribution in [0.1, 0.15) is 47.1 Å². The van der Waals surface area contributed by atoms with Crippen molar-refractivity contribution in [1.82, 2.24) is 4.90 Å². The molecule has 1 aromatic rings. The maximum Gasteiger partial charge on any atom is 0.410 e. The van der Waals surface area contributed by atoms with Gasteiger partial charge in [0.15, 0.2) is 0 Å². The third-order valence-electron chi connectivity index (χ3n) is 3.98. The van der Waals surface area contributed by atoms with Gasteiger partial charge in [0.1, 0.15) is 5.60 Å². The van der Waals surface area contributed by atoms with Gasteiger partial charge < -0.3 is 14.5 Å². The van der Waals surface area contributed by atoms with Crippen LogP contribution in [0.5, 0.6) is 0 Å². The maximum atomic E-state index is 12.2. The first-order valence-electron chi connectivity index (χ1n) is 8.40. The average Bonchev–Trinajstić information content (AvgIpc) is 2.45. The van der Waals surface area contributed by atoms with Crippen molar-refractivity contribution >= 4 is 11.8 Å². The normalized spacial score (nSPS) is 16.4. The molecule has 0 saturated carbocycles. The Morgan fingerprint density at radius 2 is 1.52 bits per heavy atom. The van der Waals surface area contributed by atoms with Gasteiger partial charge in [0.2, 0.25) is 0 Å². The van der Waals surface area contributed by atoms with E-state index in [4.69, 9.17) is 4.74 Å².